The fraction of sp³-hybridized carbons (Fsp3) is 0.647. The molecule has 1 unspecified atom stereocenters. The van der Waals surface area contributed by atoms with Crippen molar-refractivity contribution >= 4 is 5.69 Å². The van der Waals surface area contributed by atoms with Crippen LogP contribution in [0.4, 0.5) is 5.69 Å². The van der Waals surface area contributed by atoms with Gasteiger partial charge in [-0.2, -0.15) is 0 Å². The number of piperazine rings is 1. The predicted octanol–water partition coefficient (Wildman–Crippen LogP) is 1.54. The molecule has 0 aromatic heterocycles. The first-order valence-corrected chi connectivity index (χ1v) is 8.00. The molecule has 0 bridgehead atoms. The first-order valence-electron chi connectivity index (χ1n) is 8.00. The van der Waals surface area contributed by atoms with Gasteiger partial charge in [0.05, 0.1) is 12.1 Å². The van der Waals surface area contributed by atoms with Crippen molar-refractivity contribution in [3.8, 4) is 0 Å². The Balaban J connectivity index is 1.69. The van der Waals surface area contributed by atoms with Crippen molar-refractivity contribution in [3.63, 3.8) is 0 Å². The van der Waals surface area contributed by atoms with E-state index in [0.717, 1.165) is 45.8 Å². The zero-order valence-electron chi connectivity index (χ0n) is 13.3. The number of aryl methyl sites for hydroxylation is 1. The van der Waals surface area contributed by atoms with Gasteiger partial charge in [-0.05, 0) is 37.5 Å². The minimum Gasteiger partial charge on any atom is -0.379 e. The Morgan fingerprint density at radius 2 is 1.95 bits per heavy atom. The van der Waals surface area contributed by atoms with Gasteiger partial charge in [0.25, 0.3) is 0 Å². The van der Waals surface area contributed by atoms with Crippen LogP contribution >= 0.6 is 0 Å². The Hall–Kier alpha value is -1.10. The van der Waals surface area contributed by atoms with Crippen molar-refractivity contribution in [2.24, 2.45) is 5.73 Å². The van der Waals surface area contributed by atoms with Gasteiger partial charge in [-0.15, -0.1) is 0 Å². The van der Waals surface area contributed by atoms with Crippen LogP contribution in [-0.4, -0.2) is 56.4 Å². The van der Waals surface area contributed by atoms with Gasteiger partial charge in [0.15, 0.2) is 0 Å². The molecule has 2 fully saturated rings. The Labute approximate surface area is 127 Å². The van der Waals surface area contributed by atoms with Crippen molar-refractivity contribution in [2.45, 2.75) is 25.8 Å². The van der Waals surface area contributed by atoms with Crippen molar-refractivity contribution in [2.75, 3.05) is 50.8 Å². The molecule has 1 aromatic rings. The minimum atomic E-state index is 0.0910. The highest BCUT2D eigenvalue weighted by Crippen LogP contribution is 2.29. The van der Waals surface area contributed by atoms with E-state index in [1.807, 2.05) is 0 Å². The maximum atomic E-state index is 6.05. The third-order valence-electron chi connectivity index (χ3n) is 5.33. The Morgan fingerprint density at radius 3 is 2.57 bits per heavy atom. The second-order valence-corrected chi connectivity index (χ2v) is 6.42. The molecular weight excluding hydrogens is 262 g/mol. The average Bonchev–Trinajstić information content (AvgIpc) is 3.00. The van der Waals surface area contributed by atoms with Crippen LogP contribution in [-0.2, 0) is 4.74 Å². The van der Waals surface area contributed by atoms with E-state index in [2.05, 4.69) is 41.8 Å². The van der Waals surface area contributed by atoms with Crippen molar-refractivity contribution in [3.05, 3.63) is 29.3 Å². The Bertz CT molecular complexity index is 489. The lowest BCUT2D eigenvalue weighted by Gasteiger charge is -2.45. The molecule has 1 aromatic carbocycles. The molecule has 2 heterocycles. The van der Waals surface area contributed by atoms with E-state index in [-0.39, 0.29) is 5.54 Å². The van der Waals surface area contributed by atoms with Gasteiger partial charge in [0, 0.05) is 45.0 Å². The molecule has 4 nitrogen and oxygen atoms in total. The molecule has 2 aliphatic rings. The van der Waals surface area contributed by atoms with Crippen molar-refractivity contribution in [1.82, 2.24) is 4.90 Å². The molecule has 1 atom stereocenters. The zero-order valence-corrected chi connectivity index (χ0v) is 13.3. The molecule has 0 spiro atoms. The summed E-state index contributed by atoms with van der Waals surface area (Å²) in [6, 6.07) is 6.60. The summed E-state index contributed by atoms with van der Waals surface area (Å²) >= 11 is 0. The molecule has 0 amide bonds. The summed E-state index contributed by atoms with van der Waals surface area (Å²) in [4.78, 5) is 5.07. The van der Waals surface area contributed by atoms with E-state index in [1.54, 1.807) is 0 Å². The smallest absolute Gasteiger partial charge is 0.0663 e. The summed E-state index contributed by atoms with van der Waals surface area (Å²) in [5.74, 6) is 0. The van der Waals surface area contributed by atoms with Crippen LogP contribution in [0.5, 0.6) is 0 Å². The second kappa shape index (κ2) is 5.95. The third-order valence-corrected chi connectivity index (χ3v) is 5.33. The molecule has 2 aliphatic heterocycles. The molecule has 0 aliphatic carbocycles. The number of rotatable bonds is 3. The number of nitrogens with zero attached hydrogens (tertiary/aromatic N) is 2. The van der Waals surface area contributed by atoms with Crippen LogP contribution in [0.1, 0.15) is 17.5 Å². The Kier molecular flexibility index (Phi) is 4.20. The highest BCUT2D eigenvalue weighted by Gasteiger charge is 2.40. The zero-order chi connectivity index (χ0) is 14.9. The summed E-state index contributed by atoms with van der Waals surface area (Å²) in [7, 11) is 0. The molecular formula is C17H27N3O. The van der Waals surface area contributed by atoms with E-state index in [9.17, 15) is 0 Å². The highest BCUT2D eigenvalue weighted by molar-refractivity contribution is 5.56. The lowest BCUT2D eigenvalue weighted by molar-refractivity contribution is 0.0670. The largest absolute Gasteiger partial charge is 0.379 e. The maximum absolute atomic E-state index is 6.05. The van der Waals surface area contributed by atoms with Gasteiger partial charge >= 0.3 is 0 Å². The number of ether oxygens (including phenoxy) is 1. The summed E-state index contributed by atoms with van der Waals surface area (Å²) < 4.78 is 5.62. The van der Waals surface area contributed by atoms with Gasteiger partial charge < -0.3 is 15.4 Å². The van der Waals surface area contributed by atoms with E-state index in [4.69, 9.17) is 10.5 Å². The molecule has 3 rings (SSSR count). The van der Waals surface area contributed by atoms with Crippen LogP contribution in [0, 0.1) is 13.8 Å². The number of anilines is 1. The molecule has 116 valence electrons. The first kappa shape index (κ1) is 14.8. The summed E-state index contributed by atoms with van der Waals surface area (Å²) in [6.45, 7) is 11.1. The first-order chi connectivity index (χ1) is 10.2. The van der Waals surface area contributed by atoms with Crippen LogP contribution in [0.15, 0.2) is 18.2 Å². The number of hydrogen-bond acceptors (Lipinski definition) is 4. The summed E-state index contributed by atoms with van der Waals surface area (Å²) in [5, 5.41) is 0. The number of benzene rings is 1. The van der Waals surface area contributed by atoms with Crippen LogP contribution in [0.25, 0.3) is 0 Å². The fourth-order valence-electron chi connectivity index (χ4n) is 3.64. The molecule has 4 heteroatoms. The van der Waals surface area contributed by atoms with E-state index in [0.29, 0.717) is 6.54 Å². The fourth-order valence-corrected chi connectivity index (χ4v) is 3.64. The van der Waals surface area contributed by atoms with E-state index in [1.165, 1.54) is 16.8 Å². The summed E-state index contributed by atoms with van der Waals surface area (Å²) in [5.41, 5.74) is 10.3. The standard InChI is InChI=1S/C17H27N3O/c1-14-4-3-5-16(15(14)2)19-7-9-20(10-8-19)17(12-18)6-11-21-13-17/h3-5H,6-13,18H2,1-2H3. The van der Waals surface area contributed by atoms with Crippen LogP contribution in [0.2, 0.25) is 0 Å². The summed E-state index contributed by atoms with van der Waals surface area (Å²) in [6.07, 6.45) is 1.08. The minimum absolute atomic E-state index is 0.0910. The second-order valence-electron chi connectivity index (χ2n) is 6.42. The highest BCUT2D eigenvalue weighted by atomic mass is 16.5. The van der Waals surface area contributed by atoms with Crippen LogP contribution in [0.3, 0.4) is 0 Å². The topological polar surface area (TPSA) is 41.7 Å². The van der Waals surface area contributed by atoms with Crippen molar-refractivity contribution < 1.29 is 4.74 Å². The van der Waals surface area contributed by atoms with Gasteiger partial charge in [-0.1, -0.05) is 12.1 Å². The van der Waals surface area contributed by atoms with Gasteiger partial charge in [0.1, 0.15) is 0 Å². The lowest BCUT2D eigenvalue weighted by atomic mass is 9.95. The van der Waals surface area contributed by atoms with E-state index < -0.39 is 0 Å². The van der Waals surface area contributed by atoms with E-state index >= 15 is 0 Å². The van der Waals surface area contributed by atoms with Crippen molar-refractivity contribution in [1.29, 1.82) is 0 Å². The quantitative estimate of drug-likeness (QED) is 0.916. The molecule has 0 saturated carbocycles. The number of hydrogen-bond donors (Lipinski definition) is 1. The van der Waals surface area contributed by atoms with Crippen LogP contribution < -0.4 is 10.6 Å². The molecule has 21 heavy (non-hydrogen) atoms. The van der Waals surface area contributed by atoms with Gasteiger partial charge in [-0.25, -0.2) is 0 Å². The average molecular weight is 289 g/mol. The van der Waals surface area contributed by atoms with Gasteiger partial charge in [0.2, 0.25) is 0 Å². The predicted molar refractivity (Wildman–Crippen MR) is 86.9 cm³/mol. The Morgan fingerprint density at radius 1 is 1.19 bits per heavy atom. The number of nitrogens with two attached hydrogens (primary N) is 1. The van der Waals surface area contributed by atoms with Gasteiger partial charge in [-0.3, -0.25) is 4.90 Å². The molecule has 2 saturated heterocycles. The lowest BCUT2D eigenvalue weighted by Crippen LogP contribution is -2.60. The molecule has 0 radical (unpaired) electrons. The normalized spacial score (nSPS) is 27.3. The SMILES string of the molecule is Cc1cccc(N2CCN(C3(CN)CCOC3)CC2)c1C. The maximum Gasteiger partial charge on any atom is 0.0663 e. The monoisotopic (exact) mass is 289 g/mol. The molecule has 2 N–H and O–H groups in total. The third kappa shape index (κ3) is 2.68.